The van der Waals surface area contributed by atoms with E-state index in [0.29, 0.717) is 6.54 Å². The van der Waals surface area contributed by atoms with E-state index >= 15 is 0 Å². The van der Waals surface area contributed by atoms with Crippen LogP contribution in [0, 0.1) is 0 Å². The fourth-order valence-electron chi connectivity index (χ4n) is 2.82. The van der Waals surface area contributed by atoms with Crippen LogP contribution in [0.1, 0.15) is 12.1 Å². The summed E-state index contributed by atoms with van der Waals surface area (Å²) in [6.45, 7) is 2.25. The molecule has 0 amide bonds. The van der Waals surface area contributed by atoms with E-state index in [-0.39, 0.29) is 5.41 Å². The third-order valence-corrected chi connectivity index (χ3v) is 4.77. The molecule has 0 radical (unpaired) electrons. The van der Waals surface area contributed by atoms with Crippen LogP contribution in [0.25, 0.3) is 0 Å². The molecule has 1 fully saturated rings. The fraction of sp³-hybridized carbons (Fsp3) is 0.545. The summed E-state index contributed by atoms with van der Waals surface area (Å²) < 4.78 is 25.1. The maximum absolute atomic E-state index is 11.8. The van der Waals surface area contributed by atoms with Crippen molar-refractivity contribution in [1.82, 2.24) is 10.3 Å². The molecule has 5 nitrogen and oxygen atoms in total. The Balaban J connectivity index is 2.16. The number of sulfonamides is 1. The lowest BCUT2D eigenvalue weighted by Gasteiger charge is -2.22. The monoisotopic (exact) mass is 253 g/mol. The minimum atomic E-state index is -3.21. The van der Waals surface area contributed by atoms with E-state index in [2.05, 4.69) is 10.3 Å². The Hall–Kier alpha value is -1.14. The van der Waals surface area contributed by atoms with Crippen molar-refractivity contribution in [1.29, 1.82) is 0 Å². The van der Waals surface area contributed by atoms with E-state index in [4.69, 9.17) is 0 Å². The molecule has 1 N–H and O–H groups in total. The molecule has 92 valence electrons. The third-order valence-electron chi connectivity index (χ3n) is 3.65. The van der Waals surface area contributed by atoms with Crippen LogP contribution in [-0.2, 0) is 15.4 Å². The Morgan fingerprint density at radius 3 is 3.00 bits per heavy atom. The van der Waals surface area contributed by atoms with Gasteiger partial charge in [-0.05, 0) is 25.1 Å². The molecule has 1 saturated heterocycles. The van der Waals surface area contributed by atoms with Gasteiger partial charge in [-0.25, -0.2) is 8.42 Å². The van der Waals surface area contributed by atoms with E-state index in [9.17, 15) is 8.42 Å². The number of anilines is 1. The lowest BCUT2D eigenvalue weighted by Crippen LogP contribution is -2.38. The van der Waals surface area contributed by atoms with Crippen LogP contribution in [0.3, 0.4) is 0 Å². The number of nitrogens with one attached hydrogen (secondary N) is 1. The van der Waals surface area contributed by atoms with E-state index in [1.807, 2.05) is 6.07 Å². The van der Waals surface area contributed by atoms with Crippen LogP contribution >= 0.6 is 0 Å². The topological polar surface area (TPSA) is 62.3 Å². The molecule has 1 unspecified atom stereocenters. The van der Waals surface area contributed by atoms with Crippen molar-refractivity contribution < 1.29 is 8.42 Å². The molecule has 1 aromatic rings. The average molecular weight is 253 g/mol. The maximum atomic E-state index is 11.8. The Labute approximate surface area is 101 Å². The Kier molecular flexibility index (Phi) is 2.21. The Bertz CT molecular complexity index is 550. The van der Waals surface area contributed by atoms with E-state index in [1.165, 1.54) is 10.6 Å². The van der Waals surface area contributed by atoms with Crippen LogP contribution in [-0.4, -0.2) is 39.3 Å². The van der Waals surface area contributed by atoms with Crippen molar-refractivity contribution in [2.24, 2.45) is 0 Å². The second-order valence-corrected chi connectivity index (χ2v) is 6.75. The second-order valence-electron chi connectivity index (χ2n) is 4.85. The van der Waals surface area contributed by atoms with Gasteiger partial charge in [0, 0.05) is 24.7 Å². The second kappa shape index (κ2) is 3.43. The molecule has 0 bridgehead atoms. The third kappa shape index (κ3) is 1.55. The molecule has 0 aromatic carbocycles. The first-order valence-corrected chi connectivity index (χ1v) is 7.52. The standard InChI is InChI=1S/C11H15N3O2S/c1-17(15,16)14-8-11(4-6-12-7-11)10-9(14)3-2-5-13-10/h2-3,5,12H,4,6-8H2,1H3. The molecule has 2 aliphatic rings. The summed E-state index contributed by atoms with van der Waals surface area (Å²) in [4.78, 5) is 4.41. The summed E-state index contributed by atoms with van der Waals surface area (Å²) in [5, 5.41) is 3.31. The number of hydrogen-bond donors (Lipinski definition) is 1. The predicted molar refractivity (Wildman–Crippen MR) is 65.6 cm³/mol. The van der Waals surface area contributed by atoms with Gasteiger partial charge in [-0.2, -0.15) is 0 Å². The molecule has 6 heteroatoms. The van der Waals surface area contributed by atoms with Gasteiger partial charge in [-0.15, -0.1) is 0 Å². The zero-order valence-corrected chi connectivity index (χ0v) is 10.5. The highest BCUT2D eigenvalue weighted by Crippen LogP contribution is 2.43. The minimum absolute atomic E-state index is 0.125. The quantitative estimate of drug-likeness (QED) is 0.770. The van der Waals surface area contributed by atoms with Crippen LogP contribution < -0.4 is 9.62 Å². The van der Waals surface area contributed by atoms with Gasteiger partial charge in [0.05, 0.1) is 17.6 Å². The molecule has 1 spiro atoms. The van der Waals surface area contributed by atoms with Crippen molar-refractivity contribution in [3.05, 3.63) is 24.0 Å². The van der Waals surface area contributed by atoms with Gasteiger partial charge >= 0.3 is 0 Å². The first-order valence-electron chi connectivity index (χ1n) is 5.67. The molecule has 1 atom stereocenters. The lowest BCUT2D eigenvalue weighted by atomic mass is 9.85. The van der Waals surface area contributed by atoms with Gasteiger partial charge in [-0.1, -0.05) is 0 Å². The van der Waals surface area contributed by atoms with Gasteiger partial charge in [0.2, 0.25) is 10.0 Å². The molecule has 3 rings (SSSR count). The number of fused-ring (bicyclic) bond motifs is 2. The summed E-state index contributed by atoms with van der Waals surface area (Å²) in [6.07, 6.45) is 3.94. The molecule has 2 aliphatic heterocycles. The summed E-state index contributed by atoms with van der Waals surface area (Å²) in [6, 6.07) is 3.63. The highest BCUT2D eigenvalue weighted by atomic mass is 32.2. The molecule has 1 aromatic heterocycles. The van der Waals surface area contributed by atoms with E-state index in [0.717, 1.165) is 30.9 Å². The highest BCUT2D eigenvalue weighted by molar-refractivity contribution is 7.92. The highest BCUT2D eigenvalue weighted by Gasteiger charge is 2.48. The summed E-state index contributed by atoms with van der Waals surface area (Å²) in [7, 11) is -3.21. The summed E-state index contributed by atoms with van der Waals surface area (Å²) in [5.74, 6) is 0. The van der Waals surface area contributed by atoms with Crippen LogP contribution in [0.4, 0.5) is 5.69 Å². The van der Waals surface area contributed by atoms with Gasteiger partial charge in [0.15, 0.2) is 0 Å². The predicted octanol–water partition coefficient (Wildman–Crippen LogP) is 0.0923. The molecular weight excluding hydrogens is 238 g/mol. The SMILES string of the molecule is CS(=O)(=O)N1CC2(CCNC2)c2ncccc21. The van der Waals surface area contributed by atoms with Crippen molar-refractivity contribution in [3.63, 3.8) is 0 Å². The van der Waals surface area contributed by atoms with Crippen LogP contribution in [0.5, 0.6) is 0 Å². The zero-order valence-electron chi connectivity index (χ0n) is 9.68. The molecular formula is C11H15N3O2S. The first-order chi connectivity index (χ1) is 8.03. The Morgan fingerprint density at radius 2 is 2.35 bits per heavy atom. The van der Waals surface area contributed by atoms with Gasteiger partial charge in [-0.3, -0.25) is 9.29 Å². The normalized spacial score (nSPS) is 27.7. The van der Waals surface area contributed by atoms with Crippen molar-refractivity contribution in [2.75, 3.05) is 30.2 Å². The molecule has 17 heavy (non-hydrogen) atoms. The number of aromatic nitrogens is 1. The first kappa shape index (κ1) is 11.0. The number of nitrogens with zero attached hydrogens (tertiary/aromatic N) is 2. The molecule has 0 saturated carbocycles. The fourth-order valence-corrected chi connectivity index (χ4v) is 3.80. The van der Waals surface area contributed by atoms with Crippen LogP contribution in [0.15, 0.2) is 18.3 Å². The van der Waals surface area contributed by atoms with E-state index < -0.39 is 10.0 Å². The van der Waals surface area contributed by atoms with Crippen LogP contribution in [0.2, 0.25) is 0 Å². The number of rotatable bonds is 1. The summed E-state index contributed by atoms with van der Waals surface area (Å²) >= 11 is 0. The Morgan fingerprint density at radius 1 is 1.53 bits per heavy atom. The van der Waals surface area contributed by atoms with Crippen molar-refractivity contribution in [2.45, 2.75) is 11.8 Å². The molecule has 0 aliphatic carbocycles. The van der Waals surface area contributed by atoms with Crippen molar-refractivity contribution in [3.8, 4) is 0 Å². The molecule has 3 heterocycles. The maximum Gasteiger partial charge on any atom is 0.232 e. The van der Waals surface area contributed by atoms with Gasteiger partial charge in [0.1, 0.15) is 0 Å². The minimum Gasteiger partial charge on any atom is -0.316 e. The summed E-state index contributed by atoms with van der Waals surface area (Å²) in [5.41, 5.74) is 1.55. The number of hydrogen-bond acceptors (Lipinski definition) is 4. The van der Waals surface area contributed by atoms with Gasteiger partial charge < -0.3 is 5.32 Å². The van der Waals surface area contributed by atoms with E-state index in [1.54, 1.807) is 12.3 Å². The average Bonchev–Trinajstić information content (AvgIpc) is 2.86. The smallest absolute Gasteiger partial charge is 0.232 e. The largest absolute Gasteiger partial charge is 0.316 e. The number of pyridine rings is 1. The van der Waals surface area contributed by atoms with Gasteiger partial charge in [0.25, 0.3) is 0 Å². The van der Waals surface area contributed by atoms with Crippen molar-refractivity contribution >= 4 is 15.7 Å². The zero-order chi connectivity index (χ0) is 12.1. The lowest BCUT2D eigenvalue weighted by molar-refractivity contribution is 0.495.